The Morgan fingerprint density at radius 3 is 2.54 bits per heavy atom. The Kier molecular flexibility index (Phi) is 7.13. The summed E-state index contributed by atoms with van der Waals surface area (Å²) in [4.78, 5) is 32.9. The number of aromatic nitrogens is 3. The molecule has 1 amide bonds. The normalized spacial score (nSPS) is 15.6. The quantitative estimate of drug-likeness (QED) is 0.154. The second kappa shape index (κ2) is 10.3. The standard InChI is InChI=1S/C25H18ClFN4O3S3/c1-12-22(36-13(2)28-12)20(32)18-19(14-7-9-16(26)10-8-14)31(23(34)21(18)33)24-29-30-25(37-24)35-11-15-5-3-4-6-17(15)27/h3-10,19,33H,11H2,1-2H3. The van der Waals surface area contributed by atoms with Crippen LogP contribution >= 0.6 is 46.0 Å². The van der Waals surface area contributed by atoms with Crippen molar-refractivity contribution in [3.63, 3.8) is 0 Å². The van der Waals surface area contributed by atoms with Crippen LogP contribution in [0.4, 0.5) is 9.52 Å². The van der Waals surface area contributed by atoms with Gasteiger partial charge in [-0.25, -0.2) is 9.37 Å². The molecule has 12 heteroatoms. The average Bonchev–Trinajstić information content (AvgIpc) is 3.55. The molecule has 0 fully saturated rings. The summed E-state index contributed by atoms with van der Waals surface area (Å²) in [7, 11) is 0. The van der Waals surface area contributed by atoms with E-state index in [9.17, 15) is 19.1 Å². The first-order valence-electron chi connectivity index (χ1n) is 10.9. The topological polar surface area (TPSA) is 96.3 Å². The maximum absolute atomic E-state index is 14.0. The SMILES string of the molecule is Cc1nc(C)c(C(=O)C2=C(O)C(=O)N(c3nnc(SCc4ccccc4F)s3)C2c2ccc(Cl)cc2)s1. The van der Waals surface area contributed by atoms with Gasteiger partial charge in [-0.05, 0) is 43.2 Å². The van der Waals surface area contributed by atoms with E-state index in [0.29, 0.717) is 41.8 Å². The molecule has 0 aliphatic carbocycles. The lowest BCUT2D eigenvalue weighted by molar-refractivity contribution is -0.117. The number of carbonyl (C=O) groups excluding carboxylic acids is 2. The van der Waals surface area contributed by atoms with Crippen LogP contribution in [0.5, 0.6) is 0 Å². The van der Waals surface area contributed by atoms with Gasteiger partial charge in [0.2, 0.25) is 10.9 Å². The number of thiazole rings is 1. The van der Waals surface area contributed by atoms with Gasteiger partial charge >= 0.3 is 0 Å². The predicted octanol–water partition coefficient (Wildman–Crippen LogP) is 6.48. The summed E-state index contributed by atoms with van der Waals surface area (Å²) in [6.07, 6.45) is 0. The lowest BCUT2D eigenvalue weighted by atomic mass is 9.95. The Balaban J connectivity index is 1.51. The van der Waals surface area contributed by atoms with Gasteiger partial charge < -0.3 is 5.11 Å². The molecule has 1 unspecified atom stereocenters. The van der Waals surface area contributed by atoms with E-state index >= 15 is 0 Å². The molecule has 1 N–H and O–H groups in total. The first-order valence-corrected chi connectivity index (χ1v) is 13.9. The summed E-state index contributed by atoms with van der Waals surface area (Å²) < 4.78 is 14.5. The number of nitrogens with zero attached hydrogens (tertiary/aromatic N) is 4. The number of carbonyl (C=O) groups is 2. The third-order valence-corrected chi connectivity index (χ3v) is 9.09. The number of aryl methyl sites for hydroxylation is 2. The molecule has 0 radical (unpaired) electrons. The van der Waals surface area contributed by atoms with E-state index in [1.807, 2.05) is 0 Å². The van der Waals surface area contributed by atoms with Gasteiger partial charge in [-0.2, -0.15) is 0 Å². The Labute approximate surface area is 228 Å². The number of halogens is 2. The van der Waals surface area contributed by atoms with Crippen LogP contribution in [0.25, 0.3) is 0 Å². The molecule has 0 spiro atoms. The number of rotatable bonds is 7. The highest BCUT2D eigenvalue weighted by molar-refractivity contribution is 8.00. The number of hydrogen-bond acceptors (Lipinski definition) is 9. The Bertz CT molecular complexity index is 1550. The molecule has 1 aliphatic heterocycles. The zero-order chi connectivity index (χ0) is 26.3. The van der Waals surface area contributed by atoms with Crippen molar-refractivity contribution >= 4 is 62.9 Å². The van der Waals surface area contributed by atoms with Gasteiger partial charge in [-0.3, -0.25) is 14.5 Å². The fourth-order valence-corrected chi connectivity index (χ4v) is 6.83. The van der Waals surface area contributed by atoms with Crippen LogP contribution in [0.15, 0.2) is 64.2 Å². The minimum absolute atomic E-state index is 0.0603. The molecular weight excluding hydrogens is 555 g/mol. The van der Waals surface area contributed by atoms with Crippen LogP contribution in [0.2, 0.25) is 5.02 Å². The van der Waals surface area contributed by atoms with Crippen molar-refractivity contribution in [3.05, 3.63) is 97.4 Å². The first kappa shape index (κ1) is 25.5. The molecule has 1 atom stereocenters. The summed E-state index contributed by atoms with van der Waals surface area (Å²) >= 11 is 9.68. The van der Waals surface area contributed by atoms with Crippen molar-refractivity contribution in [2.24, 2.45) is 0 Å². The van der Waals surface area contributed by atoms with Crippen molar-refractivity contribution in [2.45, 2.75) is 30.0 Å². The van der Waals surface area contributed by atoms with Crippen LogP contribution in [0.3, 0.4) is 0 Å². The second-order valence-corrected chi connectivity index (χ2v) is 11.9. The van der Waals surface area contributed by atoms with E-state index in [1.165, 1.54) is 34.1 Å². The summed E-state index contributed by atoms with van der Waals surface area (Å²) in [6.45, 7) is 3.50. The van der Waals surface area contributed by atoms with E-state index < -0.39 is 23.5 Å². The maximum atomic E-state index is 14.0. The van der Waals surface area contributed by atoms with Crippen molar-refractivity contribution in [2.75, 3.05) is 4.90 Å². The van der Waals surface area contributed by atoms with Crippen LogP contribution in [0.1, 0.15) is 37.5 Å². The van der Waals surface area contributed by atoms with E-state index in [0.717, 1.165) is 11.3 Å². The number of amides is 1. The number of benzene rings is 2. The third kappa shape index (κ3) is 4.91. The minimum atomic E-state index is -0.948. The third-order valence-electron chi connectivity index (χ3n) is 5.66. The molecule has 5 rings (SSSR count). The van der Waals surface area contributed by atoms with E-state index in [-0.39, 0.29) is 16.5 Å². The smallest absolute Gasteiger partial charge is 0.296 e. The molecule has 1 aliphatic rings. The van der Waals surface area contributed by atoms with Gasteiger partial charge in [0.05, 0.1) is 27.2 Å². The van der Waals surface area contributed by atoms with Crippen LogP contribution < -0.4 is 4.90 Å². The summed E-state index contributed by atoms with van der Waals surface area (Å²) in [6, 6.07) is 12.2. The molecule has 2 aromatic heterocycles. The van der Waals surface area contributed by atoms with Crippen LogP contribution in [-0.2, 0) is 10.5 Å². The van der Waals surface area contributed by atoms with Crippen LogP contribution in [-0.4, -0.2) is 32.0 Å². The molecule has 0 saturated carbocycles. The fraction of sp³-hybridized carbons (Fsp3) is 0.160. The molecule has 3 heterocycles. The Morgan fingerprint density at radius 2 is 1.86 bits per heavy atom. The zero-order valence-electron chi connectivity index (χ0n) is 19.4. The highest BCUT2D eigenvalue weighted by Crippen LogP contribution is 2.44. The molecule has 2 aromatic carbocycles. The zero-order valence-corrected chi connectivity index (χ0v) is 22.6. The minimum Gasteiger partial charge on any atom is -0.503 e. The number of Topliss-reactive ketones (excluding diaryl/α,β-unsaturated/α-hetero) is 1. The highest BCUT2D eigenvalue weighted by Gasteiger charge is 2.46. The molecule has 4 aromatic rings. The summed E-state index contributed by atoms with van der Waals surface area (Å²) in [5.41, 5.74) is 1.55. The highest BCUT2D eigenvalue weighted by atomic mass is 35.5. The van der Waals surface area contributed by atoms with Crippen molar-refractivity contribution in [3.8, 4) is 0 Å². The predicted molar refractivity (Wildman–Crippen MR) is 143 cm³/mol. The van der Waals surface area contributed by atoms with Gasteiger partial charge in [0.25, 0.3) is 5.91 Å². The average molecular weight is 573 g/mol. The number of hydrogen-bond donors (Lipinski definition) is 1. The van der Waals surface area contributed by atoms with Gasteiger partial charge in [0, 0.05) is 10.8 Å². The lowest BCUT2D eigenvalue weighted by Gasteiger charge is -2.24. The van der Waals surface area contributed by atoms with Crippen molar-refractivity contribution in [1.29, 1.82) is 0 Å². The lowest BCUT2D eigenvalue weighted by Crippen LogP contribution is -2.31. The largest absolute Gasteiger partial charge is 0.503 e. The number of anilines is 1. The fourth-order valence-electron chi connectivity index (χ4n) is 3.97. The molecule has 7 nitrogen and oxygen atoms in total. The molecule has 188 valence electrons. The van der Waals surface area contributed by atoms with Gasteiger partial charge in [-0.15, -0.1) is 21.5 Å². The van der Waals surface area contributed by atoms with Crippen LogP contribution in [0, 0.1) is 19.7 Å². The number of aliphatic hydroxyl groups excluding tert-OH is 1. The first-order chi connectivity index (χ1) is 17.7. The van der Waals surface area contributed by atoms with Gasteiger partial charge in [0.1, 0.15) is 5.82 Å². The van der Waals surface area contributed by atoms with E-state index in [4.69, 9.17) is 11.6 Å². The van der Waals surface area contributed by atoms with E-state index in [1.54, 1.807) is 56.3 Å². The Morgan fingerprint density at radius 1 is 1.14 bits per heavy atom. The monoisotopic (exact) mass is 572 g/mol. The number of ketones is 1. The second-order valence-electron chi connectivity index (χ2n) is 8.10. The van der Waals surface area contributed by atoms with Gasteiger partial charge in [0.15, 0.2) is 10.1 Å². The van der Waals surface area contributed by atoms with E-state index in [2.05, 4.69) is 15.2 Å². The van der Waals surface area contributed by atoms with Gasteiger partial charge in [-0.1, -0.05) is 65.0 Å². The number of aliphatic hydroxyl groups is 1. The molecule has 37 heavy (non-hydrogen) atoms. The maximum Gasteiger partial charge on any atom is 0.296 e. The Hall–Kier alpha value is -3.12. The summed E-state index contributed by atoms with van der Waals surface area (Å²) in [5.74, 6) is -1.87. The molecule has 0 bridgehead atoms. The number of thioether (sulfide) groups is 1. The van der Waals surface area contributed by atoms with Crippen molar-refractivity contribution < 1.29 is 19.1 Å². The van der Waals surface area contributed by atoms with Crippen molar-refractivity contribution in [1.82, 2.24) is 15.2 Å². The summed E-state index contributed by atoms with van der Waals surface area (Å²) in [5, 5.41) is 20.6. The molecular formula is C25H18ClFN4O3S3. The molecule has 0 saturated heterocycles.